The SMILES string of the molecule is COCCn1cccc(-c2cc[n+](CCC(=O)O)nc2)c1=O. The molecule has 0 amide bonds. The van der Waals surface area contributed by atoms with Gasteiger partial charge in [-0.05, 0) is 17.2 Å². The van der Waals surface area contributed by atoms with Gasteiger partial charge < -0.3 is 14.4 Å². The summed E-state index contributed by atoms with van der Waals surface area (Å²) in [4.78, 5) is 22.9. The van der Waals surface area contributed by atoms with Gasteiger partial charge in [-0.1, -0.05) is 4.68 Å². The topological polar surface area (TPSA) is 85.3 Å². The summed E-state index contributed by atoms with van der Waals surface area (Å²) in [5.41, 5.74) is 1.14. The maximum absolute atomic E-state index is 12.4. The maximum atomic E-state index is 12.4. The van der Waals surface area contributed by atoms with Gasteiger partial charge in [0.05, 0.1) is 6.61 Å². The van der Waals surface area contributed by atoms with Crippen molar-refractivity contribution in [2.24, 2.45) is 0 Å². The number of hydrogen-bond acceptors (Lipinski definition) is 4. The number of carbonyl (C=O) groups is 1. The molecule has 22 heavy (non-hydrogen) atoms. The minimum absolute atomic E-state index is 0.00612. The van der Waals surface area contributed by atoms with Crippen LogP contribution in [0.4, 0.5) is 0 Å². The number of ether oxygens (including phenoxy) is 1. The molecule has 7 nitrogen and oxygen atoms in total. The van der Waals surface area contributed by atoms with Crippen LogP contribution < -0.4 is 10.2 Å². The molecule has 0 radical (unpaired) electrons. The van der Waals surface area contributed by atoms with Gasteiger partial charge in [-0.25, -0.2) is 0 Å². The van der Waals surface area contributed by atoms with Crippen LogP contribution in [-0.2, 0) is 22.6 Å². The van der Waals surface area contributed by atoms with Crippen LogP contribution >= 0.6 is 0 Å². The molecule has 2 heterocycles. The number of carboxylic acid groups (broad SMARTS) is 1. The fourth-order valence-electron chi connectivity index (χ4n) is 2.01. The van der Waals surface area contributed by atoms with Gasteiger partial charge in [0, 0.05) is 37.0 Å². The van der Waals surface area contributed by atoms with Crippen molar-refractivity contribution in [3.05, 3.63) is 47.1 Å². The third-order valence-electron chi connectivity index (χ3n) is 3.19. The lowest BCUT2D eigenvalue weighted by molar-refractivity contribution is -0.752. The van der Waals surface area contributed by atoms with Crippen LogP contribution in [0.15, 0.2) is 41.6 Å². The highest BCUT2D eigenvalue weighted by molar-refractivity contribution is 5.66. The minimum atomic E-state index is -0.873. The lowest BCUT2D eigenvalue weighted by atomic mass is 10.1. The predicted octanol–water partition coefficient (Wildman–Crippen LogP) is 0.319. The van der Waals surface area contributed by atoms with Crippen molar-refractivity contribution in [2.75, 3.05) is 13.7 Å². The number of aromatic nitrogens is 3. The average Bonchev–Trinajstić information content (AvgIpc) is 2.52. The number of carboxylic acids is 1. The van der Waals surface area contributed by atoms with Crippen molar-refractivity contribution in [3.63, 3.8) is 0 Å². The Hall–Kier alpha value is -2.54. The molecule has 0 saturated carbocycles. The molecule has 0 saturated heterocycles. The van der Waals surface area contributed by atoms with Crippen molar-refractivity contribution in [3.8, 4) is 11.1 Å². The van der Waals surface area contributed by atoms with Crippen LogP contribution in [0.1, 0.15) is 6.42 Å². The van der Waals surface area contributed by atoms with E-state index in [2.05, 4.69) is 5.10 Å². The number of nitrogens with zero attached hydrogens (tertiary/aromatic N) is 3. The highest BCUT2D eigenvalue weighted by Crippen LogP contribution is 2.11. The van der Waals surface area contributed by atoms with E-state index in [-0.39, 0.29) is 12.0 Å². The van der Waals surface area contributed by atoms with Crippen LogP contribution in [0.5, 0.6) is 0 Å². The molecule has 1 N–H and O–H groups in total. The van der Waals surface area contributed by atoms with Gasteiger partial charge in [-0.2, -0.15) is 0 Å². The third kappa shape index (κ3) is 3.98. The lowest BCUT2D eigenvalue weighted by Crippen LogP contribution is -2.38. The molecule has 116 valence electrons. The summed E-state index contributed by atoms with van der Waals surface area (Å²) < 4.78 is 8.10. The molecule has 0 unspecified atom stereocenters. The molecule has 0 aliphatic heterocycles. The monoisotopic (exact) mass is 304 g/mol. The summed E-state index contributed by atoms with van der Waals surface area (Å²) in [6.07, 6.45) is 4.96. The third-order valence-corrected chi connectivity index (χ3v) is 3.19. The summed E-state index contributed by atoms with van der Waals surface area (Å²) in [6, 6.07) is 5.30. The molecule has 0 bridgehead atoms. The van der Waals surface area contributed by atoms with E-state index >= 15 is 0 Å². The zero-order valence-electron chi connectivity index (χ0n) is 12.3. The smallest absolute Gasteiger partial charge is 0.309 e. The Kier molecular flexibility index (Phi) is 5.37. The van der Waals surface area contributed by atoms with E-state index in [9.17, 15) is 9.59 Å². The lowest BCUT2D eigenvalue weighted by Gasteiger charge is -2.07. The van der Waals surface area contributed by atoms with E-state index < -0.39 is 5.97 Å². The molecule has 2 rings (SSSR count). The van der Waals surface area contributed by atoms with Gasteiger partial charge >= 0.3 is 5.97 Å². The molecular formula is C15H18N3O4+. The Labute approximate surface area is 127 Å². The largest absolute Gasteiger partial charge is 0.481 e. The molecule has 0 fully saturated rings. The van der Waals surface area contributed by atoms with Crippen molar-refractivity contribution in [1.29, 1.82) is 0 Å². The quantitative estimate of drug-likeness (QED) is 0.745. The minimum Gasteiger partial charge on any atom is -0.481 e. The van der Waals surface area contributed by atoms with E-state index in [0.29, 0.717) is 30.8 Å². The molecule has 0 aliphatic rings. The van der Waals surface area contributed by atoms with Gasteiger partial charge in [0.15, 0.2) is 12.7 Å². The van der Waals surface area contributed by atoms with Crippen molar-refractivity contribution >= 4 is 5.97 Å². The Morgan fingerprint density at radius 1 is 1.45 bits per heavy atom. The summed E-state index contributed by atoms with van der Waals surface area (Å²) in [7, 11) is 1.59. The molecule has 2 aromatic heterocycles. The van der Waals surface area contributed by atoms with Gasteiger partial charge in [0.2, 0.25) is 0 Å². The van der Waals surface area contributed by atoms with Crippen LogP contribution in [0.2, 0.25) is 0 Å². The second-order valence-electron chi connectivity index (χ2n) is 4.74. The number of methoxy groups -OCH3 is 1. The highest BCUT2D eigenvalue weighted by atomic mass is 16.5. The number of rotatable bonds is 7. The van der Waals surface area contributed by atoms with Gasteiger partial charge in [0.25, 0.3) is 5.56 Å². The first-order valence-electron chi connectivity index (χ1n) is 6.88. The molecule has 7 heteroatoms. The van der Waals surface area contributed by atoms with E-state index in [0.717, 1.165) is 0 Å². The van der Waals surface area contributed by atoms with Crippen molar-refractivity contribution in [2.45, 2.75) is 19.5 Å². The number of pyridine rings is 1. The number of aliphatic carboxylic acids is 1. The van der Waals surface area contributed by atoms with E-state index in [1.165, 1.54) is 4.68 Å². The second kappa shape index (κ2) is 7.46. The van der Waals surface area contributed by atoms with Crippen LogP contribution in [-0.4, -0.2) is 34.5 Å². The van der Waals surface area contributed by atoms with E-state index in [1.807, 2.05) is 0 Å². The molecular weight excluding hydrogens is 286 g/mol. The number of aryl methyl sites for hydroxylation is 1. The first-order chi connectivity index (χ1) is 10.6. The van der Waals surface area contributed by atoms with E-state index in [4.69, 9.17) is 9.84 Å². The molecule has 0 aromatic carbocycles. The summed E-state index contributed by atoms with van der Waals surface area (Å²) >= 11 is 0. The van der Waals surface area contributed by atoms with Crippen LogP contribution in [0.25, 0.3) is 11.1 Å². The maximum Gasteiger partial charge on any atom is 0.309 e. The molecule has 2 aromatic rings. The van der Waals surface area contributed by atoms with Crippen molar-refractivity contribution in [1.82, 2.24) is 9.67 Å². The summed E-state index contributed by atoms with van der Waals surface area (Å²) in [5.74, 6) is -0.873. The van der Waals surface area contributed by atoms with Gasteiger partial charge in [0.1, 0.15) is 12.6 Å². The fraction of sp³-hybridized carbons (Fsp3) is 0.333. The van der Waals surface area contributed by atoms with Crippen LogP contribution in [0.3, 0.4) is 0 Å². The van der Waals surface area contributed by atoms with Gasteiger partial charge in [-0.15, -0.1) is 0 Å². The Morgan fingerprint density at radius 2 is 2.27 bits per heavy atom. The molecule has 0 aliphatic carbocycles. The highest BCUT2D eigenvalue weighted by Gasteiger charge is 2.10. The van der Waals surface area contributed by atoms with Crippen molar-refractivity contribution < 1.29 is 19.3 Å². The molecule has 0 atom stereocenters. The Bertz CT molecular complexity index is 695. The average molecular weight is 304 g/mol. The molecule has 0 spiro atoms. The Balaban J connectivity index is 2.21. The Morgan fingerprint density at radius 3 is 2.91 bits per heavy atom. The fourth-order valence-corrected chi connectivity index (χ4v) is 2.01. The van der Waals surface area contributed by atoms with Crippen LogP contribution in [0, 0.1) is 0 Å². The standard InChI is InChI=1S/C15H17N3O4/c1-22-10-9-17-6-2-3-13(15(17)21)12-4-7-18(16-11-12)8-5-14(19)20/h2-4,6-7,11H,5,8-10H2,1H3/p+1. The zero-order chi connectivity index (χ0) is 15.9. The summed E-state index contributed by atoms with van der Waals surface area (Å²) in [6.45, 7) is 1.25. The zero-order valence-corrected chi connectivity index (χ0v) is 12.3. The normalized spacial score (nSPS) is 10.6. The second-order valence-corrected chi connectivity index (χ2v) is 4.74. The number of hydrogen-bond donors (Lipinski definition) is 1. The van der Waals surface area contributed by atoms with E-state index in [1.54, 1.807) is 48.5 Å². The van der Waals surface area contributed by atoms with Gasteiger partial charge in [-0.3, -0.25) is 9.59 Å². The first-order valence-corrected chi connectivity index (χ1v) is 6.88. The first kappa shape index (κ1) is 15.8. The predicted molar refractivity (Wildman–Crippen MR) is 78.3 cm³/mol. The summed E-state index contributed by atoms with van der Waals surface area (Å²) in [5, 5.41) is 12.8.